The molecule has 1 heterocycles. The van der Waals surface area contributed by atoms with Gasteiger partial charge in [0.2, 0.25) is 0 Å². The molecule has 7 heteroatoms. The van der Waals surface area contributed by atoms with E-state index in [0.717, 1.165) is 16.8 Å². The molecule has 1 aliphatic rings. The Balaban J connectivity index is 1.91. The molecule has 0 unspecified atom stereocenters. The van der Waals surface area contributed by atoms with Crippen LogP contribution < -0.4 is 10.2 Å². The van der Waals surface area contributed by atoms with E-state index in [2.05, 4.69) is 16.3 Å². The van der Waals surface area contributed by atoms with Crippen LogP contribution in [0.1, 0.15) is 66.2 Å². The highest BCUT2D eigenvalue weighted by molar-refractivity contribution is 5.89. The summed E-state index contributed by atoms with van der Waals surface area (Å²) < 4.78 is 5.56. The number of carboxylic acid groups (broad SMARTS) is 1. The van der Waals surface area contributed by atoms with Crippen LogP contribution >= 0.6 is 0 Å². The normalized spacial score (nSPS) is 15.4. The number of ether oxygens (including phenoxy) is 1. The molecular formula is C27H33N3O4. The first kappa shape index (κ1) is 25.1. The van der Waals surface area contributed by atoms with Crippen molar-refractivity contribution in [2.75, 3.05) is 18.0 Å². The molecule has 1 amide bonds. The number of hydrogen-bond acceptors (Lipinski definition) is 5. The van der Waals surface area contributed by atoms with Gasteiger partial charge in [-0.1, -0.05) is 18.2 Å². The van der Waals surface area contributed by atoms with Crippen molar-refractivity contribution in [2.24, 2.45) is 0 Å². The fourth-order valence-electron chi connectivity index (χ4n) is 4.57. The van der Waals surface area contributed by atoms with Gasteiger partial charge in [0.1, 0.15) is 11.7 Å². The maximum atomic E-state index is 12.8. The Hall–Kier alpha value is -3.53. The molecule has 1 aliphatic heterocycles. The Morgan fingerprint density at radius 3 is 2.38 bits per heavy atom. The van der Waals surface area contributed by atoms with E-state index in [9.17, 15) is 20.0 Å². The summed E-state index contributed by atoms with van der Waals surface area (Å²) in [6.45, 7) is 10.5. The zero-order chi connectivity index (χ0) is 25.1. The number of benzene rings is 2. The number of aryl methyl sites for hydroxylation is 2. The molecule has 180 valence electrons. The van der Waals surface area contributed by atoms with Crippen molar-refractivity contribution < 1.29 is 19.4 Å². The van der Waals surface area contributed by atoms with Crippen LogP contribution in [0, 0.1) is 25.2 Å². The summed E-state index contributed by atoms with van der Waals surface area (Å²) in [5, 5.41) is 22.2. The Kier molecular flexibility index (Phi) is 7.21. The molecule has 0 aromatic heterocycles. The third-order valence-electron chi connectivity index (χ3n) is 6.29. The van der Waals surface area contributed by atoms with Crippen LogP contribution in [-0.2, 0) is 11.2 Å². The number of carbonyl (C=O) groups excluding carboxylic acids is 1. The van der Waals surface area contributed by atoms with Crippen LogP contribution in [0.15, 0.2) is 36.4 Å². The second kappa shape index (κ2) is 9.76. The molecule has 2 N–H and O–H groups in total. The molecule has 34 heavy (non-hydrogen) atoms. The lowest BCUT2D eigenvalue weighted by Gasteiger charge is -2.44. The predicted molar refractivity (Wildman–Crippen MR) is 131 cm³/mol. The SMILES string of the molecule is Cc1cc(C)c(C(=O)O)cc1CC1(NC(=O)OC(C)(C)C)CCN(c2ccccc2C#N)CC1. The molecule has 0 bridgehead atoms. The maximum Gasteiger partial charge on any atom is 0.408 e. The summed E-state index contributed by atoms with van der Waals surface area (Å²) in [4.78, 5) is 26.7. The number of piperidine rings is 1. The standard InChI is InChI=1S/C27H33N3O4/c1-18-14-19(2)22(24(31)32)15-21(18)16-27(29-25(33)34-26(3,4)5)10-12-30(13-11-27)23-9-7-6-8-20(23)17-28/h6-9,14-15H,10-13,16H2,1-5H3,(H,29,33)(H,31,32). The number of anilines is 1. The number of nitriles is 1. The minimum Gasteiger partial charge on any atom is -0.478 e. The summed E-state index contributed by atoms with van der Waals surface area (Å²) in [5.41, 5.74) is 3.14. The van der Waals surface area contributed by atoms with E-state index in [4.69, 9.17) is 4.74 Å². The summed E-state index contributed by atoms with van der Waals surface area (Å²) >= 11 is 0. The minimum absolute atomic E-state index is 0.272. The number of amides is 1. The van der Waals surface area contributed by atoms with E-state index in [1.807, 2.05) is 52.0 Å². The average molecular weight is 464 g/mol. The van der Waals surface area contributed by atoms with Crippen molar-refractivity contribution in [3.05, 3.63) is 64.2 Å². The maximum absolute atomic E-state index is 12.8. The Morgan fingerprint density at radius 2 is 1.79 bits per heavy atom. The van der Waals surface area contributed by atoms with Gasteiger partial charge in [0.05, 0.1) is 22.4 Å². The first-order chi connectivity index (χ1) is 15.9. The highest BCUT2D eigenvalue weighted by Gasteiger charge is 2.38. The van der Waals surface area contributed by atoms with Crippen LogP contribution in [0.2, 0.25) is 0 Å². The average Bonchev–Trinajstić information content (AvgIpc) is 2.74. The highest BCUT2D eigenvalue weighted by Crippen LogP contribution is 2.32. The molecule has 1 fully saturated rings. The minimum atomic E-state index is -0.962. The number of carboxylic acids is 1. The number of para-hydroxylation sites is 1. The van der Waals surface area contributed by atoms with Crippen LogP contribution in [0.5, 0.6) is 0 Å². The zero-order valence-electron chi connectivity index (χ0n) is 20.6. The van der Waals surface area contributed by atoms with Crippen molar-refractivity contribution in [3.63, 3.8) is 0 Å². The summed E-state index contributed by atoms with van der Waals surface area (Å²) in [6, 6.07) is 13.4. The molecule has 0 spiro atoms. The number of rotatable bonds is 5. The lowest BCUT2D eigenvalue weighted by Crippen LogP contribution is -2.57. The van der Waals surface area contributed by atoms with Gasteiger partial charge in [0.25, 0.3) is 0 Å². The monoisotopic (exact) mass is 463 g/mol. The quantitative estimate of drug-likeness (QED) is 0.648. The molecule has 2 aromatic carbocycles. The van der Waals surface area contributed by atoms with Crippen LogP contribution in [0.3, 0.4) is 0 Å². The van der Waals surface area contributed by atoms with Crippen molar-refractivity contribution in [3.8, 4) is 6.07 Å². The lowest BCUT2D eigenvalue weighted by atomic mass is 9.80. The molecule has 0 saturated carbocycles. The van der Waals surface area contributed by atoms with Crippen LogP contribution in [-0.4, -0.2) is 41.4 Å². The predicted octanol–water partition coefficient (Wildman–Crippen LogP) is 4.98. The number of aromatic carboxylic acids is 1. The second-order valence-corrected chi connectivity index (χ2v) is 10.1. The first-order valence-electron chi connectivity index (χ1n) is 11.5. The van der Waals surface area contributed by atoms with Crippen LogP contribution in [0.4, 0.5) is 10.5 Å². The number of nitrogens with zero attached hydrogens (tertiary/aromatic N) is 2. The van der Waals surface area contributed by atoms with Gasteiger partial charge in [-0.25, -0.2) is 9.59 Å². The molecule has 3 rings (SSSR count). The lowest BCUT2D eigenvalue weighted by molar-refractivity contribution is 0.0433. The summed E-state index contributed by atoms with van der Waals surface area (Å²) in [7, 11) is 0. The van der Waals surface area contributed by atoms with Gasteiger partial charge in [-0.2, -0.15) is 5.26 Å². The third kappa shape index (κ3) is 5.88. The first-order valence-corrected chi connectivity index (χ1v) is 11.5. The fourth-order valence-corrected chi connectivity index (χ4v) is 4.57. The van der Waals surface area contributed by atoms with Gasteiger partial charge in [-0.3, -0.25) is 0 Å². The van der Waals surface area contributed by atoms with E-state index in [1.54, 1.807) is 19.1 Å². The summed E-state index contributed by atoms with van der Waals surface area (Å²) in [5.74, 6) is -0.962. The number of carbonyl (C=O) groups is 2. The second-order valence-electron chi connectivity index (χ2n) is 10.1. The largest absolute Gasteiger partial charge is 0.478 e. The van der Waals surface area contributed by atoms with Crippen molar-refractivity contribution >= 4 is 17.7 Å². The smallest absolute Gasteiger partial charge is 0.408 e. The van der Waals surface area contributed by atoms with Gasteiger partial charge in [-0.15, -0.1) is 0 Å². The van der Waals surface area contributed by atoms with Crippen molar-refractivity contribution in [1.29, 1.82) is 5.26 Å². The van der Waals surface area contributed by atoms with E-state index in [0.29, 0.717) is 43.5 Å². The van der Waals surface area contributed by atoms with Gasteiger partial charge < -0.3 is 20.1 Å². The third-order valence-corrected chi connectivity index (χ3v) is 6.29. The Morgan fingerprint density at radius 1 is 1.15 bits per heavy atom. The zero-order valence-corrected chi connectivity index (χ0v) is 20.6. The summed E-state index contributed by atoms with van der Waals surface area (Å²) in [6.07, 6.45) is 1.26. The molecule has 7 nitrogen and oxygen atoms in total. The number of nitrogens with one attached hydrogen (secondary N) is 1. The Bertz CT molecular complexity index is 1120. The van der Waals surface area contributed by atoms with Gasteiger partial charge in [0.15, 0.2) is 0 Å². The molecule has 1 saturated heterocycles. The van der Waals surface area contributed by atoms with Gasteiger partial charge in [-0.05, 0) is 88.8 Å². The van der Waals surface area contributed by atoms with Crippen LogP contribution in [0.25, 0.3) is 0 Å². The van der Waals surface area contributed by atoms with Crippen molar-refractivity contribution in [2.45, 2.75) is 65.0 Å². The van der Waals surface area contributed by atoms with E-state index in [1.165, 1.54) is 0 Å². The number of alkyl carbamates (subject to hydrolysis) is 1. The van der Waals surface area contributed by atoms with Gasteiger partial charge >= 0.3 is 12.1 Å². The van der Waals surface area contributed by atoms with Gasteiger partial charge in [0, 0.05) is 13.1 Å². The molecule has 2 aromatic rings. The Labute approximate surface area is 201 Å². The topological polar surface area (TPSA) is 103 Å². The molecular weight excluding hydrogens is 430 g/mol. The van der Waals surface area contributed by atoms with E-state index >= 15 is 0 Å². The highest BCUT2D eigenvalue weighted by atomic mass is 16.6. The molecule has 0 radical (unpaired) electrons. The fraction of sp³-hybridized carbons (Fsp3) is 0.444. The number of hydrogen-bond donors (Lipinski definition) is 2. The molecule has 0 atom stereocenters. The molecule has 0 aliphatic carbocycles. The van der Waals surface area contributed by atoms with Crippen molar-refractivity contribution in [1.82, 2.24) is 5.32 Å². The van der Waals surface area contributed by atoms with E-state index in [-0.39, 0.29) is 5.56 Å². The van der Waals surface area contributed by atoms with E-state index < -0.39 is 23.2 Å².